The minimum atomic E-state index is -0.978. The van der Waals surface area contributed by atoms with Crippen LogP contribution < -0.4 is 10.2 Å². The number of halogens is 1. The fourth-order valence-corrected chi connectivity index (χ4v) is 2.12. The molecule has 7 heteroatoms. The first-order chi connectivity index (χ1) is 8.15. The van der Waals surface area contributed by atoms with Gasteiger partial charge in [0.05, 0.1) is 4.47 Å². The number of hydrogen-bond acceptors (Lipinski definition) is 4. The monoisotopic (exact) mass is 300 g/mol. The van der Waals surface area contributed by atoms with Crippen LogP contribution in [0.2, 0.25) is 0 Å². The molecule has 0 radical (unpaired) electrons. The second kappa shape index (κ2) is 5.31. The molecule has 0 saturated carbocycles. The SMILES string of the molecule is O=C(O)NC1CCCN(c2ncc(Br)cn2)C1. The minimum absolute atomic E-state index is 0.0477. The number of nitrogens with one attached hydrogen (secondary N) is 1. The third-order valence-electron chi connectivity index (χ3n) is 2.64. The smallest absolute Gasteiger partial charge is 0.404 e. The first-order valence-electron chi connectivity index (χ1n) is 5.37. The van der Waals surface area contributed by atoms with E-state index >= 15 is 0 Å². The summed E-state index contributed by atoms with van der Waals surface area (Å²) in [6, 6.07) is -0.0477. The number of rotatable bonds is 2. The van der Waals surface area contributed by atoms with E-state index in [1.807, 2.05) is 4.90 Å². The van der Waals surface area contributed by atoms with Gasteiger partial charge in [-0.25, -0.2) is 14.8 Å². The molecule has 0 spiro atoms. The Morgan fingerprint density at radius 1 is 1.53 bits per heavy atom. The van der Waals surface area contributed by atoms with Crippen LogP contribution in [0.15, 0.2) is 16.9 Å². The molecule has 92 valence electrons. The number of nitrogens with zero attached hydrogens (tertiary/aromatic N) is 3. The molecule has 1 saturated heterocycles. The van der Waals surface area contributed by atoms with Crippen molar-refractivity contribution in [2.75, 3.05) is 18.0 Å². The maximum absolute atomic E-state index is 10.6. The lowest BCUT2D eigenvalue weighted by atomic mass is 10.1. The Kier molecular flexibility index (Phi) is 3.78. The molecule has 1 amide bonds. The summed E-state index contributed by atoms with van der Waals surface area (Å²) < 4.78 is 0.832. The zero-order valence-electron chi connectivity index (χ0n) is 9.14. The molecule has 1 unspecified atom stereocenters. The molecule has 1 aromatic heterocycles. The van der Waals surface area contributed by atoms with E-state index in [-0.39, 0.29) is 6.04 Å². The summed E-state index contributed by atoms with van der Waals surface area (Å²) in [6.45, 7) is 1.48. The van der Waals surface area contributed by atoms with E-state index in [4.69, 9.17) is 5.11 Å². The average Bonchev–Trinajstić information content (AvgIpc) is 2.29. The minimum Gasteiger partial charge on any atom is -0.465 e. The molecule has 1 aliphatic heterocycles. The number of carboxylic acid groups (broad SMARTS) is 1. The molecule has 1 aromatic rings. The Labute approximate surface area is 107 Å². The van der Waals surface area contributed by atoms with Crippen LogP contribution in [0.25, 0.3) is 0 Å². The first-order valence-corrected chi connectivity index (χ1v) is 6.16. The quantitative estimate of drug-likeness (QED) is 0.865. The van der Waals surface area contributed by atoms with Crippen LogP contribution in [0.1, 0.15) is 12.8 Å². The van der Waals surface area contributed by atoms with Crippen LogP contribution in [0.3, 0.4) is 0 Å². The Hall–Kier alpha value is -1.37. The summed E-state index contributed by atoms with van der Waals surface area (Å²) in [5.41, 5.74) is 0. The van der Waals surface area contributed by atoms with Crippen LogP contribution in [-0.2, 0) is 0 Å². The summed E-state index contributed by atoms with van der Waals surface area (Å²) in [5, 5.41) is 11.2. The Morgan fingerprint density at radius 3 is 2.88 bits per heavy atom. The van der Waals surface area contributed by atoms with Gasteiger partial charge in [-0.2, -0.15) is 0 Å². The Bertz CT molecular complexity index is 398. The summed E-state index contributed by atoms with van der Waals surface area (Å²) >= 11 is 3.28. The Morgan fingerprint density at radius 2 is 2.24 bits per heavy atom. The van der Waals surface area contributed by atoms with Gasteiger partial charge in [0.25, 0.3) is 0 Å². The summed E-state index contributed by atoms with van der Waals surface area (Å²) in [6.07, 6.45) is 4.20. The standard InChI is InChI=1S/C10H13BrN4O2/c11-7-4-12-9(13-5-7)15-3-1-2-8(6-15)14-10(16)17/h4-5,8,14H,1-3,6H2,(H,16,17). The molecule has 1 aliphatic rings. The molecule has 2 N–H and O–H groups in total. The number of carbonyl (C=O) groups is 1. The summed E-state index contributed by atoms with van der Waals surface area (Å²) in [7, 11) is 0. The molecular weight excluding hydrogens is 288 g/mol. The van der Waals surface area contributed by atoms with Gasteiger partial charge in [-0.3, -0.25) is 0 Å². The molecule has 1 fully saturated rings. The zero-order valence-corrected chi connectivity index (χ0v) is 10.7. The highest BCUT2D eigenvalue weighted by Gasteiger charge is 2.22. The van der Waals surface area contributed by atoms with Crippen molar-refractivity contribution in [3.05, 3.63) is 16.9 Å². The highest BCUT2D eigenvalue weighted by Crippen LogP contribution is 2.16. The van der Waals surface area contributed by atoms with Crippen LogP contribution in [0.4, 0.5) is 10.7 Å². The van der Waals surface area contributed by atoms with Crippen molar-refractivity contribution < 1.29 is 9.90 Å². The van der Waals surface area contributed by atoms with Gasteiger partial charge in [-0.1, -0.05) is 0 Å². The third kappa shape index (κ3) is 3.29. The van der Waals surface area contributed by atoms with Crippen molar-refractivity contribution in [3.63, 3.8) is 0 Å². The summed E-state index contributed by atoms with van der Waals surface area (Å²) in [4.78, 5) is 21.0. The van der Waals surface area contributed by atoms with Crippen LogP contribution >= 0.6 is 15.9 Å². The number of aromatic nitrogens is 2. The molecule has 0 bridgehead atoms. The van der Waals surface area contributed by atoms with Gasteiger partial charge < -0.3 is 15.3 Å². The van der Waals surface area contributed by atoms with Gasteiger partial charge in [-0.05, 0) is 28.8 Å². The largest absolute Gasteiger partial charge is 0.465 e. The molecule has 6 nitrogen and oxygen atoms in total. The molecule has 2 heterocycles. The van der Waals surface area contributed by atoms with E-state index in [2.05, 4.69) is 31.2 Å². The Balaban J connectivity index is 2.01. The van der Waals surface area contributed by atoms with E-state index in [0.717, 1.165) is 23.9 Å². The lowest BCUT2D eigenvalue weighted by Gasteiger charge is -2.32. The highest BCUT2D eigenvalue weighted by molar-refractivity contribution is 9.10. The summed E-state index contributed by atoms with van der Waals surface area (Å²) in [5.74, 6) is 0.644. The molecule has 2 rings (SSSR count). The lowest BCUT2D eigenvalue weighted by molar-refractivity contribution is 0.188. The van der Waals surface area contributed by atoms with Gasteiger partial charge in [-0.15, -0.1) is 0 Å². The fraction of sp³-hybridized carbons (Fsp3) is 0.500. The number of hydrogen-bond donors (Lipinski definition) is 2. The highest BCUT2D eigenvalue weighted by atomic mass is 79.9. The fourth-order valence-electron chi connectivity index (χ4n) is 1.92. The van der Waals surface area contributed by atoms with Crippen molar-refractivity contribution in [2.45, 2.75) is 18.9 Å². The van der Waals surface area contributed by atoms with Crippen molar-refractivity contribution in [1.29, 1.82) is 0 Å². The van der Waals surface area contributed by atoms with Gasteiger partial charge in [0.1, 0.15) is 0 Å². The second-order valence-electron chi connectivity index (χ2n) is 3.94. The van der Waals surface area contributed by atoms with Gasteiger partial charge in [0.15, 0.2) is 0 Å². The number of piperidine rings is 1. The van der Waals surface area contributed by atoms with Crippen LogP contribution in [-0.4, -0.2) is 40.3 Å². The third-order valence-corrected chi connectivity index (χ3v) is 3.05. The zero-order chi connectivity index (χ0) is 12.3. The molecule has 0 aromatic carbocycles. The molecule has 0 aliphatic carbocycles. The number of anilines is 1. The lowest BCUT2D eigenvalue weighted by Crippen LogP contribution is -2.47. The first kappa shape index (κ1) is 12.1. The van der Waals surface area contributed by atoms with E-state index in [1.54, 1.807) is 12.4 Å². The van der Waals surface area contributed by atoms with E-state index in [1.165, 1.54) is 0 Å². The van der Waals surface area contributed by atoms with Gasteiger partial charge in [0.2, 0.25) is 5.95 Å². The van der Waals surface area contributed by atoms with Crippen LogP contribution in [0, 0.1) is 0 Å². The van der Waals surface area contributed by atoms with Gasteiger partial charge in [0, 0.05) is 31.5 Å². The predicted molar refractivity (Wildman–Crippen MR) is 66.1 cm³/mol. The maximum Gasteiger partial charge on any atom is 0.404 e. The topological polar surface area (TPSA) is 78.4 Å². The van der Waals surface area contributed by atoms with Crippen molar-refractivity contribution >= 4 is 28.0 Å². The maximum atomic E-state index is 10.6. The van der Waals surface area contributed by atoms with Gasteiger partial charge >= 0.3 is 6.09 Å². The molecular formula is C10H13BrN4O2. The normalized spacial score (nSPS) is 20.1. The average molecular weight is 301 g/mol. The van der Waals surface area contributed by atoms with Crippen molar-refractivity contribution in [1.82, 2.24) is 15.3 Å². The van der Waals surface area contributed by atoms with Crippen molar-refractivity contribution in [2.24, 2.45) is 0 Å². The molecule has 17 heavy (non-hydrogen) atoms. The predicted octanol–water partition coefficient (Wildman–Crippen LogP) is 1.48. The van der Waals surface area contributed by atoms with Crippen LogP contribution in [0.5, 0.6) is 0 Å². The van der Waals surface area contributed by atoms with Crippen molar-refractivity contribution in [3.8, 4) is 0 Å². The van der Waals surface area contributed by atoms with E-state index in [9.17, 15) is 4.79 Å². The van der Waals surface area contributed by atoms with E-state index < -0.39 is 6.09 Å². The molecule has 1 atom stereocenters. The number of amides is 1. The van der Waals surface area contributed by atoms with E-state index in [0.29, 0.717) is 12.5 Å². The second-order valence-corrected chi connectivity index (χ2v) is 4.85.